The van der Waals surface area contributed by atoms with Crippen LogP contribution in [0.1, 0.15) is 24.8 Å². The minimum Gasteiger partial charge on any atom is -0.355 e. The molecular formula is C19H22N2O2. The van der Waals surface area contributed by atoms with Crippen molar-refractivity contribution >= 4 is 11.8 Å². The average molecular weight is 310 g/mol. The van der Waals surface area contributed by atoms with Crippen molar-refractivity contribution in [3.05, 3.63) is 60.7 Å². The van der Waals surface area contributed by atoms with Gasteiger partial charge in [-0.25, -0.2) is 0 Å². The van der Waals surface area contributed by atoms with Crippen LogP contribution in [0, 0.1) is 5.92 Å². The van der Waals surface area contributed by atoms with E-state index in [1.54, 1.807) is 0 Å². The van der Waals surface area contributed by atoms with Crippen molar-refractivity contribution in [2.75, 3.05) is 6.54 Å². The zero-order chi connectivity index (χ0) is 16.3. The summed E-state index contributed by atoms with van der Waals surface area (Å²) in [6.45, 7) is 4.12. The van der Waals surface area contributed by atoms with Gasteiger partial charge in [0.1, 0.15) is 0 Å². The molecule has 0 bridgehead atoms. The second-order valence-electron chi connectivity index (χ2n) is 6.41. The number of carbonyl (C=O) groups excluding carboxylic acids is 2. The van der Waals surface area contributed by atoms with E-state index >= 15 is 0 Å². The van der Waals surface area contributed by atoms with Crippen molar-refractivity contribution < 1.29 is 9.59 Å². The number of carbonyl (C=O) groups is 2. The largest absolute Gasteiger partial charge is 0.355 e. The summed E-state index contributed by atoms with van der Waals surface area (Å²) < 4.78 is 0. The Morgan fingerprint density at radius 2 is 1.96 bits per heavy atom. The standard InChI is InChI=1S/C19H22N2O2/c1-2-17(22)21-16-9-8-14(12-16)18(23)20-13-19(10-11-19)15-6-4-3-5-7-15/h2-9,14,16H,1,10-13H2,(H,20,23)(H,21,22)/t14-,16+/m1/s1. The molecule has 1 aromatic carbocycles. The number of hydrogen-bond acceptors (Lipinski definition) is 2. The molecule has 3 rings (SSSR count). The van der Waals surface area contributed by atoms with E-state index < -0.39 is 0 Å². The van der Waals surface area contributed by atoms with Gasteiger partial charge in [-0.2, -0.15) is 0 Å². The van der Waals surface area contributed by atoms with Crippen molar-refractivity contribution in [1.29, 1.82) is 0 Å². The van der Waals surface area contributed by atoms with Crippen LogP contribution in [0.5, 0.6) is 0 Å². The van der Waals surface area contributed by atoms with E-state index in [4.69, 9.17) is 0 Å². The van der Waals surface area contributed by atoms with Gasteiger partial charge < -0.3 is 10.6 Å². The Bertz CT molecular complexity index is 632. The number of amides is 2. The third-order valence-electron chi connectivity index (χ3n) is 4.77. The molecule has 1 aromatic rings. The SMILES string of the molecule is C=CC(=O)N[C@H]1C=C[C@@H](C(=O)NCC2(c3ccccc3)CC2)C1. The smallest absolute Gasteiger partial charge is 0.243 e. The molecule has 1 saturated carbocycles. The van der Waals surface area contributed by atoms with Gasteiger partial charge in [0.25, 0.3) is 0 Å². The van der Waals surface area contributed by atoms with E-state index in [2.05, 4.69) is 29.3 Å². The summed E-state index contributed by atoms with van der Waals surface area (Å²) >= 11 is 0. The van der Waals surface area contributed by atoms with Crippen molar-refractivity contribution in [3.63, 3.8) is 0 Å². The summed E-state index contributed by atoms with van der Waals surface area (Å²) in [4.78, 5) is 23.7. The maximum Gasteiger partial charge on any atom is 0.243 e. The van der Waals surface area contributed by atoms with Gasteiger partial charge >= 0.3 is 0 Å². The fraction of sp³-hybridized carbons (Fsp3) is 0.368. The molecule has 4 nitrogen and oxygen atoms in total. The van der Waals surface area contributed by atoms with Crippen LogP contribution in [0.3, 0.4) is 0 Å². The summed E-state index contributed by atoms with van der Waals surface area (Å²) in [6.07, 6.45) is 7.87. The molecule has 2 atom stereocenters. The molecule has 4 heteroatoms. The molecule has 2 aliphatic rings. The number of nitrogens with one attached hydrogen (secondary N) is 2. The molecule has 23 heavy (non-hydrogen) atoms. The van der Waals surface area contributed by atoms with Gasteiger partial charge in [-0.3, -0.25) is 9.59 Å². The van der Waals surface area contributed by atoms with E-state index in [0.29, 0.717) is 13.0 Å². The van der Waals surface area contributed by atoms with E-state index in [-0.39, 0.29) is 29.2 Å². The lowest BCUT2D eigenvalue weighted by Gasteiger charge is -2.18. The van der Waals surface area contributed by atoms with E-state index in [9.17, 15) is 9.59 Å². The second-order valence-corrected chi connectivity index (χ2v) is 6.41. The Morgan fingerprint density at radius 3 is 2.61 bits per heavy atom. The summed E-state index contributed by atoms with van der Waals surface area (Å²) in [5, 5.41) is 5.89. The first-order chi connectivity index (χ1) is 11.1. The van der Waals surface area contributed by atoms with Crippen molar-refractivity contribution in [2.24, 2.45) is 5.92 Å². The van der Waals surface area contributed by atoms with E-state index in [1.807, 2.05) is 30.4 Å². The second kappa shape index (κ2) is 6.41. The lowest BCUT2D eigenvalue weighted by Crippen LogP contribution is -2.37. The summed E-state index contributed by atoms with van der Waals surface area (Å²) in [6, 6.07) is 10.3. The molecule has 0 aromatic heterocycles. The first-order valence-corrected chi connectivity index (χ1v) is 8.07. The van der Waals surface area contributed by atoms with Gasteiger partial charge in [-0.15, -0.1) is 0 Å². The molecule has 0 saturated heterocycles. The van der Waals surface area contributed by atoms with Crippen LogP contribution in [0.4, 0.5) is 0 Å². The Balaban J connectivity index is 1.50. The summed E-state index contributed by atoms with van der Waals surface area (Å²) in [7, 11) is 0. The maximum absolute atomic E-state index is 12.4. The number of rotatable bonds is 6. The van der Waals surface area contributed by atoms with Crippen LogP contribution in [0.15, 0.2) is 55.1 Å². The predicted molar refractivity (Wildman–Crippen MR) is 89.7 cm³/mol. The van der Waals surface area contributed by atoms with Crippen molar-refractivity contribution in [2.45, 2.75) is 30.7 Å². The first kappa shape index (κ1) is 15.5. The first-order valence-electron chi connectivity index (χ1n) is 8.07. The average Bonchev–Trinajstić information content (AvgIpc) is 3.24. The molecule has 2 aliphatic carbocycles. The maximum atomic E-state index is 12.4. The highest BCUT2D eigenvalue weighted by Gasteiger charge is 2.44. The van der Waals surface area contributed by atoms with Crippen LogP contribution in [0.2, 0.25) is 0 Å². The lowest BCUT2D eigenvalue weighted by atomic mass is 9.95. The third-order valence-corrected chi connectivity index (χ3v) is 4.77. The van der Waals surface area contributed by atoms with Crippen LogP contribution in [0.25, 0.3) is 0 Å². The fourth-order valence-corrected chi connectivity index (χ4v) is 3.14. The van der Waals surface area contributed by atoms with Crippen LogP contribution >= 0.6 is 0 Å². The molecule has 0 heterocycles. The monoisotopic (exact) mass is 310 g/mol. The minimum absolute atomic E-state index is 0.0406. The molecule has 120 valence electrons. The topological polar surface area (TPSA) is 58.2 Å². The Hall–Kier alpha value is -2.36. The highest BCUT2D eigenvalue weighted by Crippen LogP contribution is 2.47. The molecule has 0 aliphatic heterocycles. The minimum atomic E-state index is -0.207. The lowest BCUT2D eigenvalue weighted by molar-refractivity contribution is -0.124. The van der Waals surface area contributed by atoms with Gasteiger partial charge in [-0.05, 0) is 30.9 Å². The molecular weight excluding hydrogens is 288 g/mol. The predicted octanol–water partition coefficient (Wildman–Crippen LogP) is 2.08. The highest BCUT2D eigenvalue weighted by molar-refractivity contribution is 5.87. The summed E-state index contributed by atoms with van der Waals surface area (Å²) in [5.74, 6) is -0.336. The van der Waals surface area contributed by atoms with Gasteiger partial charge in [-0.1, -0.05) is 49.1 Å². The van der Waals surface area contributed by atoms with Crippen molar-refractivity contribution in [3.8, 4) is 0 Å². The van der Waals surface area contributed by atoms with Gasteiger partial charge in [0, 0.05) is 18.0 Å². The molecule has 2 amide bonds. The number of benzene rings is 1. The van der Waals surface area contributed by atoms with E-state index in [0.717, 1.165) is 12.8 Å². The Kier molecular flexibility index (Phi) is 4.33. The van der Waals surface area contributed by atoms with Crippen LogP contribution in [-0.2, 0) is 15.0 Å². The normalized spacial score (nSPS) is 24.0. The zero-order valence-electron chi connectivity index (χ0n) is 13.1. The highest BCUT2D eigenvalue weighted by atomic mass is 16.2. The quantitative estimate of drug-likeness (QED) is 0.624. The molecule has 0 unspecified atom stereocenters. The number of hydrogen-bond donors (Lipinski definition) is 2. The van der Waals surface area contributed by atoms with Crippen LogP contribution < -0.4 is 10.6 Å². The Labute approximate surface area is 136 Å². The molecule has 0 radical (unpaired) electrons. The summed E-state index contributed by atoms with van der Waals surface area (Å²) in [5.41, 5.74) is 1.42. The fourth-order valence-electron chi connectivity index (χ4n) is 3.14. The zero-order valence-corrected chi connectivity index (χ0v) is 13.1. The Morgan fingerprint density at radius 1 is 1.22 bits per heavy atom. The van der Waals surface area contributed by atoms with Gasteiger partial charge in [0.05, 0.1) is 5.92 Å². The van der Waals surface area contributed by atoms with E-state index in [1.165, 1.54) is 11.6 Å². The molecule has 0 spiro atoms. The van der Waals surface area contributed by atoms with Crippen LogP contribution in [-0.4, -0.2) is 24.4 Å². The molecule has 1 fully saturated rings. The van der Waals surface area contributed by atoms with Crippen molar-refractivity contribution in [1.82, 2.24) is 10.6 Å². The van der Waals surface area contributed by atoms with Gasteiger partial charge in [0.2, 0.25) is 11.8 Å². The third kappa shape index (κ3) is 3.52. The van der Waals surface area contributed by atoms with Gasteiger partial charge in [0.15, 0.2) is 0 Å². The molecule has 2 N–H and O–H groups in total.